The molecule has 1 aliphatic heterocycles. The summed E-state index contributed by atoms with van der Waals surface area (Å²) in [5.74, 6) is 0.862. The summed E-state index contributed by atoms with van der Waals surface area (Å²) in [4.78, 5) is 23.5. The zero-order chi connectivity index (χ0) is 13.8. The molecule has 19 heavy (non-hydrogen) atoms. The summed E-state index contributed by atoms with van der Waals surface area (Å²) in [6.45, 7) is 4.03. The van der Waals surface area contributed by atoms with E-state index in [0.29, 0.717) is 11.5 Å². The van der Waals surface area contributed by atoms with Crippen LogP contribution >= 0.6 is 11.8 Å². The van der Waals surface area contributed by atoms with Gasteiger partial charge in [-0.3, -0.25) is 9.59 Å². The number of nitrogens with one attached hydrogen (secondary N) is 2. The van der Waals surface area contributed by atoms with Crippen LogP contribution < -0.4 is 10.6 Å². The Labute approximate surface area is 117 Å². The minimum Gasteiger partial charge on any atom is -0.343 e. The second-order valence-corrected chi connectivity index (χ2v) is 5.62. The Morgan fingerprint density at radius 3 is 3.00 bits per heavy atom. The average Bonchev–Trinajstić information content (AvgIpc) is 2.41. The number of carbonyl (C=O) groups is 2. The van der Waals surface area contributed by atoms with Crippen LogP contribution in [0.2, 0.25) is 0 Å². The zero-order valence-electron chi connectivity index (χ0n) is 11.2. The molecule has 102 valence electrons. The molecule has 2 amide bonds. The third kappa shape index (κ3) is 3.29. The fourth-order valence-corrected chi connectivity index (χ4v) is 2.96. The monoisotopic (exact) mass is 278 g/mol. The number of hydrogen-bond acceptors (Lipinski definition) is 3. The maximum absolute atomic E-state index is 12.2. The number of amides is 2. The van der Waals surface area contributed by atoms with Gasteiger partial charge in [0.2, 0.25) is 11.8 Å². The number of thioether (sulfide) groups is 1. The van der Waals surface area contributed by atoms with Gasteiger partial charge in [0.05, 0.1) is 5.75 Å². The van der Waals surface area contributed by atoms with Crippen molar-refractivity contribution in [1.29, 1.82) is 0 Å². The van der Waals surface area contributed by atoms with E-state index in [0.717, 1.165) is 23.2 Å². The largest absolute Gasteiger partial charge is 0.343 e. The van der Waals surface area contributed by atoms with Gasteiger partial charge in [0, 0.05) is 11.4 Å². The Balaban J connectivity index is 2.12. The lowest BCUT2D eigenvalue weighted by Gasteiger charge is -2.23. The van der Waals surface area contributed by atoms with Crippen LogP contribution in [0.4, 0.5) is 5.69 Å². The van der Waals surface area contributed by atoms with Gasteiger partial charge in [-0.05, 0) is 24.5 Å². The minimum absolute atomic E-state index is 0.0723. The normalized spacial score (nSPS) is 18.8. The van der Waals surface area contributed by atoms with E-state index in [1.165, 1.54) is 11.8 Å². The van der Waals surface area contributed by atoms with Gasteiger partial charge in [0.15, 0.2) is 0 Å². The molecule has 1 unspecified atom stereocenters. The van der Waals surface area contributed by atoms with Crippen molar-refractivity contribution in [2.75, 3.05) is 16.8 Å². The van der Waals surface area contributed by atoms with Crippen molar-refractivity contribution in [3.8, 4) is 0 Å². The van der Waals surface area contributed by atoms with Crippen LogP contribution in [-0.2, 0) is 16.0 Å². The van der Waals surface area contributed by atoms with Gasteiger partial charge in [-0.1, -0.05) is 25.1 Å². The van der Waals surface area contributed by atoms with Gasteiger partial charge in [-0.2, -0.15) is 0 Å². The van der Waals surface area contributed by atoms with Crippen molar-refractivity contribution >= 4 is 29.3 Å². The molecule has 1 atom stereocenters. The number of rotatable bonds is 3. The predicted molar refractivity (Wildman–Crippen MR) is 78.4 cm³/mol. The van der Waals surface area contributed by atoms with E-state index in [1.807, 2.05) is 25.1 Å². The van der Waals surface area contributed by atoms with Crippen LogP contribution in [0.25, 0.3) is 0 Å². The number of anilines is 1. The smallest absolute Gasteiger partial charge is 0.247 e. The highest BCUT2D eigenvalue weighted by atomic mass is 32.2. The maximum atomic E-state index is 12.2. The zero-order valence-corrected chi connectivity index (χ0v) is 12.0. The fraction of sp³-hybridized carbons (Fsp3) is 0.429. The Morgan fingerprint density at radius 2 is 2.32 bits per heavy atom. The summed E-state index contributed by atoms with van der Waals surface area (Å²) >= 11 is 1.49. The molecule has 0 aliphatic carbocycles. The van der Waals surface area contributed by atoms with Gasteiger partial charge in [0.25, 0.3) is 0 Å². The van der Waals surface area contributed by atoms with Gasteiger partial charge in [-0.25, -0.2) is 0 Å². The van der Waals surface area contributed by atoms with Crippen LogP contribution in [0.15, 0.2) is 18.2 Å². The van der Waals surface area contributed by atoms with Gasteiger partial charge in [-0.15, -0.1) is 11.8 Å². The summed E-state index contributed by atoms with van der Waals surface area (Å²) in [6, 6.07) is 5.54. The first-order valence-corrected chi connectivity index (χ1v) is 7.53. The van der Waals surface area contributed by atoms with Crippen LogP contribution in [0.1, 0.15) is 18.1 Å². The van der Waals surface area contributed by atoms with Crippen LogP contribution in [0, 0.1) is 6.92 Å². The van der Waals surface area contributed by atoms with Crippen molar-refractivity contribution in [2.45, 2.75) is 26.3 Å². The Hall–Kier alpha value is -1.49. The number of aryl methyl sites for hydroxylation is 2. The van der Waals surface area contributed by atoms with E-state index < -0.39 is 6.04 Å². The highest BCUT2D eigenvalue weighted by Gasteiger charge is 2.25. The van der Waals surface area contributed by atoms with Gasteiger partial charge >= 0.3 is 0 Å². The molecular formula is C14H18N2O2S. The topological polar surface area (TPSA) is 58.2 Å². The molecule has 0 aromatic heterocycles. The van der Waals surface area contributed by atoms with E-state index >= 15 is 0 Å². The van der Waals surface area contributed by atoms with Crippen molar-refractivity contribution in [1.82, 2.24) is 5.32 Å². The SMILES string of the molecule is CCc1cccc(C)c1NC(=O)C1CSCC(=O)N1. The lowest BCUT2D eigenvalue weighted by Crippen LogP contribution is -2.49. The molecule has 0 saturated carbocycles. The molecule has 0 bridgehead atoms. The van der Waals surface area contributed by atoms with E-state index in [2.05, 4.69) is 17.6 Å². The molecule has 1 aromatic rings. The third-order valence-corrected chi connectivity index (χ3v) is 4.19. The van der Waals surface area contributed by atoms with Gasteiger partial charge in [0.1, 0.15) is 6.04 Å². The third-order valence-electron chi connectivity index (χ3n) is 3.16. The van der Waals surface area contributed by atoms with Gasteiger partial charge < -0.3 is 10.6 Å². The Morgan fingerprint density at radius 1 is 1.53 bits per heavy atom. The number of para-hydroxylation sites is 1. The first-order chi connectivity index (χ1) is 9.11. The second-order valence-electron chi connectivity index (χ2n) is 4.59. The van der Waals surface area contributed by atoms with Crippen molar-refractivity contribution in [3.05, 3.63) is 29.3 Å². The van der Waals surface area contributed by atoms with E-state index in [1.54, 1.807) is 0 Å². The average molecular weight is 278 g/mol. The first-order valence-electron chi connectivity index (χ1n) is 6.38. The highest BCUT2D eigenvalue weighted by molar-refractivity contribution is 8.00. The Bertz CT molecular complexity index is 502. The van der Waals surface area contributed by atoms with Crippen LogP contribution in [0.3, 0.4) is 0 Å². The summed E-state index contributed by atoms with van der Waals surface area (Å²) in [5, 5.41) is 5.67. The molecule has 0 spiro atoms. The minimum atomic E-state index is -0.435. The fourth-order valence-electron chi connectivity index (χ4n) is 2.10. The molecule has 4 nitrogen and oxygen atoms in total. The maximum Gasteiger partial charge on any atom is 0.247 e. The molecule has 1 heterocycles. The predicted octanol–water partition coefficient (Wildman–Crippen LogP) is 1.73. The van der Waals surface area contributed by atoms with Crippen molar-refractivity contribution < 1.29 is 9.59 Å². The molecule has 1 aliphatic rings. The standard InChI is InChI=1S/C14H18N2O2S/c1-3-10-6-4-5-9(2)13(10)16-14(18)11-7-19-8-12(17)15-11/h4-6,11H,3,7-8H2,1-2H3,(H,15,17)(H,16,18). The quantitative estimate of drug-likeness (QED) is 0.885. The molecule has 5 heteroatoms. The number of hydrogen-bond donors (Lipinski definition) is 2. The molecule has 0 radical (unpaired) electrons. The van der Waals surface area contributed by atoms with Crippen molar-refractivity contribution in [3.63, 3.8) is 0 Å². The number of benzene rings is 1. The lowest BCUT2D eigenvalue weighted by molar-refractivity contribution is -0.124. The molecule has 2 rings (SSSR count). The highest BCUT2D eigenvalue weighted by Crippen LogP contribution is 2.21. The van der Waals surface area contributed by atoms with Crippen LogP contribution in [-0.4, -0.2) is 29.4 Å². The number of carbonyl (C=O) groups excluding carboxylic acids is 2. The summed E-state index contributed by atoms with van der Waals surface area (Å²) in [7, 11) is 0. The van der Waals surface area contributed by atoms with Crippen LogP contribution in [0.5, 0.6) is 0 Å². The Kier molecular flexibility index (Phi) is 4.47. The van der Waals surface area contributed by atoms with E-state index in [-0.39, 0.29) is 11.8 Å². The summed E-state index contributed by atoms with van der Waals surface area (Å²) in [6.07, 6.45) is 0.864. The second kappa shape index (κ2) is 6.10. The molecular weight excluding hydrogens is 260 g/mol. The van der Waals surface area contributed by atoms with E-state index in [4.69, 9.17) is 0 Å². The molecule has 2 N–H and O–H groups in total. The van der Waals surface area contributed by atoms with Crippen molar-refractivity contribution in [2.24, 2.45) is 0 Å². The summed E-state index contributed by atoms with van der Waals surface area (Å²) < 4.78 is 0. The van der Waals surface area contributed by atoms with E-state index in [9.17, 15) is 9.59 Å². The molecule has 1 saturated heterocycles. The lowest BCUT2D eigenvalue weighted by atomic mass is 10.1. The summed E-state index contributed by atoms with van der Waals surface area (Å²) in [5.41, 5.74) is 3.03. The first kappa shape index (κ1) is 13.9. The molecule has 1 fully saturated rings. The molecule has 1 aromatic carbocycles.